The fourth-order valence-electron chi connectivity index (χ4n) is 2.60. The molecule has 1 aliphatic rings. The number of benzene rings is 1. The van der Waals surface area contributed by atoms with E-state index in [4.69, 9.17) is 4.74 Å². The molecular weight excluding hydrogens is 347 g/mol. The third-order valence-corrected chi connectivity index (χ3v) is 4.74. The fourth-order valence-corrected chi connectivity index (χ4v) is 2.60. The predicted molar refractivity (Wildman–Crippen MR) is 105 cm³/mol. The topological polar surface area (TPSA) is 74.8 Å². The van der Waals surface area contributed by atoms with E-state index in [9.17, 15) is 9.18 Å². The maximum absolute atomic E-state index is 14.3. The maximum Gasteiger partial charge on any atom is 0.227 e. The Kier molecular flexibility index (Phi) is 7.05. The molecule has 2 rings (SSSR count). The molecule has 1 unspecified atom stereocenters. The van der Waals surface area contributed by atoms with Gasteiger partial charge in [-0.15, -0.1) is 0 Å². The molecule has 6 nitrogen and oxygen atoms in total. The van der Waals surface area contributed by atoms with Crippen LogP contribution < -0.4 is 20.7 Å². The standard InChI is InChI=1S/C20H31FN4O2/c1-13(25-19(23-5)24-12-20(2,3)18(26)22-4)15-8-9-17(16(21)10-15)27-11-14-6-7-14/h8-10,13-14H,6-7,11-12H2,1-5H3,(H,22,26)(H2,23,24,25). The van der Waals surface area contributed by atoms with Crippen molar-refractivity contribution in [3.63, 3.8) is 0 Å². The molecule has 1 aromatic rings. The van der Waals surface area contributed by atoms with Crippen LogP contribution in [0.15, 0.2) is 23.2 Å². The van der Waals surface area contributed by atoms with Gasteiger partial charge in [0.15, 0.2) is 17.5 Å². The number of nitrogens with one attached hydrogen (secondary N) is 3. The highest BCUT2D eigenvalue weighted by Gasteiger charge is 2.27. The number of hydrogen-bond acceptors (Lipinski definition) is 3. The third-order valence-electron chi connectivity index (χ3n) is 4.74. The molecule has 0 bridgehead atoms. The van der Waals surface area contributed by atoms with E-state index in [1.807, 2.05) is 26.8 Å². The Labute approximate surface area is 161 Å². The minimum atomic E-state index is -0.581. The van der Waals surface area contributed by atoms with Gasteiger partial charge in [-0.3, -0.25) is 9.79 Å². The molecule has 1 aliphatic carbocycles. The summed E-state index contributed by atoms with van der Waals surface area (Å²) in [6.45, 7) is 6.63. The zero-order valence-electron chi connectivity index (χ0n) is 16.9. The smallest absolute Gasteiger partial charge is 0.227 e. The largest absolute Gasteiger partial charge is 0.490 e. The molecule has 1 atom stereocenters. The quantitative estimate of drug-likeness (QED) is 0.480. The van der Waals surface area contributed by atoms with Crippen LogP contribution in [0.25, 0.3) is 0 Å². The summed E-state index contributed by atoms with van der Waals surface area (Å²) in [7, 11) is 3.27. The number of amides is 1. The molecule has 0 saturated heterocycles. The zero-order valence-corrected chi connectivity index (χ0v) is 16.9. The Hall–Kier alpha value is -2.31. The van der Waals surface area contributed by atoms with Crippen molar-refractivity contribution in [2.45, 2.75) is 39.7 Å². The van der Waals surface area contributed by atoms with Crippen LogP contribution in [-0.4, -0.2) is 39.1 Å². The molecule has 150 valence electrons. The Morgan fingerprint density at radius 1 is 1.41 bits per heavy atom. The van der Waals surface area contributed by atoms with E-state index in [1.54, 1.807) is 20.2 Å². The third kappa shape index (κ3) is 6.12. The molecular formula is C20H31FN4O2. The number of nitrogens with zero attached hydrogens (tertiary/aromatic N) is 1. The first-order chi connectivity index (χ1) is 12.8. The van der Waals surface area contributed by atoms with Gasteiger partial charge >= 0.3 is 0 Å². The van der Waals surface area contributed by atoms with Crippen molar-refractivity contribution in [3.8, 4) is 5.75 Å². The number of ether oxygens (including phenoxy) is 1. The molecule has 1 aromatic carbocycles. The molecule has 0 aromatic heterocycles. The fraction of sp³-hybridized carbons (Fsp3) is 0.600. The number of hydrogen-bond donors (Lipinski definition) is 3. The lowest BCUT2D eigenvalue weighted by Gasteiger charge is -2.25. The van der Waals surface area contributed by atoms with E-state index in [2.05, 4.69) is 20.9 Å². The molecule has 7 heteroatoms. The number of guanidine groups is 1. The molecule has 3 N–H and O–H groups in total. The lowest BCUT2D eigenvalue weighted by atomic mass is 9.92. The van der Waals surface area contributed by atoms with Gasteiger partial charge in [-0.25, -0.2) is 4.39 Å². The van der Waals surface area contributed by atoms with Crippen LogP contribution in [0.4, 0.5) is 4.39 Å². The molecule has 1 amide bonds. The van der Waals surface area contributed by atoms with E-state index < -0.39 is 5.41 Å². The Morgan fingerprint density at radius 2 is 2.11 bits per heavy atom. The van der Waals surface area contributed by atoms with E-state index in [1.165, 1.54) is 18.9 Å². The first-order valence-corrected chi connectivity index (χ1v) is 9.38. The second kappa shape index (κ2) is 9.06. The average molecular weight is 378 g/mol. The van der Waals surface area contributed by atoms with Crippen molar-refractivity contribution in [3.05, 3.63) is 29.6 Å². The van der Waals surface area contributed by atoms with Crippen LogP contribution in [0.3, 0.4) is 0 Å². The highest BCUT2D eigenvalue weighted by Crippen LogP contribution is 2.30. The Bertz CT molecular complexity index is 687. The summed E-state index contributed by atoms with van der Waals surface area (Å²) in [5, 5.41) is 9.02. The van der Waals surface area contributed by atoms with Crippen molar-refractivity contribution in [1.82, 2.24) is 16.0 Å². The van der Waals surface area contributed by atoms with Crippen LogP contribution >= 0.6 is 0 Å². The SMILES string of the molecule is CN=C(NCC(C)(C)C(=O)NC)NC(C)c1ccc(OCC2CC2)c(F)c1. The lowest BCUT2D eigenvalue weighted by molar-refractivity contribution is -0.128. The first kappa shape index (κ1) is 21.0. The molecule has 0 aliphatic heterocycles. The number of aliphatic imine (C=N–C) groups is 1. The second-order valence-corrected chi connectivity index (χ2v) is 7.70. The summed E-state index contributed by atoms with van der Waals surface area (Å²) >= 11 is 0. The number of halogens is 1. The minimum absolute atomic E-state index is 0.0534. The summed E-state index contributed by atoms with van der Waals surface area (Å²) < 4.78 is 19.8. The normalized spacial score (nSPS) is 15.9. The van der Waals surface area contributed by atoms with Gasteiger partial charge in [-0.05, 0) is 57.2 Å². The molecule has 0 radical (unpaired) electrons. The van der Waals surface area contributed by atoms with E-state index in [0.717, 1.165) is 5.56 Å². The Balaban J connectivity index is 1.92. The van der Waals surface area contributed by atoms with Crippen LogP contribution in [0.1, 0.15) is 45.2 Å². The van der Waals surface area contributed by atoms with Gasteiger partial charge < -0.3 is 20.7 Å². The molecule has 0 spiro atoms. The molecule has 0 heterocycles. The molecule has 1 saturated carbocycles. The highest BCUT2D eigenvalue weighted by atomic mass is 19.1. The van der Waals surface area contributed by atoms with Crippen LogP contribution in [-0.2, 0) is 4.79 Å². The Morgan fingerprint density at radius 3 is 2.67 bits per heavy atom. The lowest BCUT2D eigenvalue weighted by Crippen LogP contribution is -2.47. The predicted octanol–water partition coefficient (Wildman–Crippen LogP) is 2.61. The van der Waals surface area contributed by atoms with Gasteiger partial charge in [-0.1, -0.05) is 6.07 Å². The van der Waals surface area contributed by atoms with Crippen molar-refractivity contribution in [2.75, 3.05) is 27.2 Å². The van der Waals surface area contributed by atoms with Gasteiger partial charge in [0.05, 0.1) is 18.1 Å². The van der Waals surface area contributed by atoms with Crippen molar-refractivity contribution in [2.24, 2.45) is 16.3 Å². The van der Waals surface area contributed by atoms with Gasteiger partial charge in [-0.2, -0.15) is 0 Å². The van der Waals surface area contributed by atoms with Gasteiger partial charge in [0.2, 0.25) is 5.91 Å². The maximum atomic E-state index is 14.3. The minimum Gasteiger partial charge on any atom is -0.490 e. The van der Waals surface area contributed by atoms with Crippen LogP contribution in [0, 0.1) is 17.2 Å². The van der Waals surface area contributed by atoms with Gasteiger partial charge in [0, 0.05) is 20.6 Å². The first-order valence-electron chi connectivity index (χ1n) is 9.38. The summed E-state index contributed by atoms with van der Waals surface area (Å²) in [4.78, 5) is 16.1. The summed E-state index contributed by atoms with van der Waals surface area (Å²) in [5.41, 5.74) is 0.210. The van der Waals surface area contributed by atoms with E-state index >= 15 is 0 Å². The van der Waals surface area contributed by atoms with E-state index in [-0.39, 0.29) is 17.8 Å². The average Bonchev–Trinajstić information content (AvgIpc) is 3.47. The second-order valence-electron chi connectivity index (χ2n) is 7.70. The van der Waals surface area contributed by atoms with Crippen molar-refractivity contribution >= 4 is 11.9 Å². The summed E-state index contributed by atoms with van der Waals surface area (Å²) in [6.07, 6.45) is 2.34. The monoisotopic (exact) mass is 378 g/mol. The van der Waals surface area contributed by atoms with Crippen LogP contribution in [0.2, 0.25) is 0 Å². The summed E-state index contributed by atoms with van der Waals surface area (Å²) in [6, 6.07) is 4.86. The number of rotatable bonds is 8. The highest BCUT2D eigenvalue weighted by molar-refractivity contribution is 5.84. The summed E-state index contributed by atoms with van der Waals surface area (Å²) in [5.74, 6) is 1.02. The molecule has 27 heavy (non-hydrogen) atoms. The number of carbonyl (C=O) groups is 1. The van der Waals surface area contributed by atoms with Crippen molar-refractivity contribution in [1.29, 1.82) is 0 Å². The zero-order chi connectivity index (χ0) is 20.0. The molecule has 1 fully saturated rings. The number of carbonyl (C=O) groups excluding carboxylic acids is 1. The van der Waals surface area contributed by atoms with E-state index in [0.29, 0.717) is 30.8 Å². The van der Waals surface area contributed by atoms with Crippen molar-refractivity contribution < 1.29 is 13.9 Å². The van der Waals surface area contributed by atoms with Crippen LogP contribution in [0.5, 0.6) is 5.75 Å². The van der Waals surface area contributed by atoms with Gasteiger partial charge in [0.1, 0.15) is 0 Å². The van der Waals surface area contributed by atoms with Gasteiger partial charge in [0.25, 0.3) is 0 Å².